The highest BCUT2D eigenvalue weighted by Gasteiger charge is 2.07. The van der Waals surface area contributed by atoms with E-state index in [2.05, 4.69) is 4.98 Å². The lowest BCUT2D eigenvalue weighted by Gasteiger charge is -2.09. The molecule has 2 aromatic rings. The summed E-state index contributed by atoms with van der Waals surface area (Å²) in [5, 5.41) is 0. The summed E-state index contributed by atoms with van der Waals surface area (Å²) < 4.78 is 18.2. The molecule has 100 valence electrons. The third-order valence-corrected chi connectivity index (χ3v) is 3.71. The molecular weight excluding hydrogens is 264 g/mol. The average Bonchev–Trinajstić information content (AvgIpc) is 2.40. The third-order valence-electron chi connectivity index (χ3n) is 2.56. The molecule has 3 nitrogen and oxygen atoms in total. The first-order valence-corrected chi connectivity index (χ1v) is 7.39. The summed E-state index contributed by atoms with van der Waals surface area (Å²) in [6.45, 7) is 2.33. The summed E-state index contributed by atoms with van der Waals surface area (Å²) in [4.78, 5) is 13.8. The first-order valence-electron chi connectivity index (χ1n) is 5.99. The second-order valence-corrected chi connectivity index (χ2v) is 5.26. The monoisotopic (exact) mass is 279 g/mol. The Kier molecular flexibility index (Phi) is 4.97. The van der Waals surface area contributed by atoms with Crippen molar-refractivity contribution >= 4 is 8.38 Å². The summed E-state index contributed by atoms with van der Waals surface area (Å²) >= 11 is 0. The van der Waals surface area contributed by atoms with E-state index in [0.717, 1.165) is 16.8 Å². The van der Waals surface area contributed by atoms with Gasteiger partial charge in [-0.15, -0.1) is 0 Å². The van der Waals surface area contributed by atoms with Gasteiger partial charge in [0.25, 0.3) is 0 Å². The molecule has 0 aliphatic rings. The van der Waals surface area contributed by atoms with Crippen molar-refractivity contribution in [2.24, 2.45) is 0 Å². The number of halogens is 1. The van der Waals surface area contributed by atoms with Crippen molar-refractivity contribution in [2.75, 3.05) is 6.61 Å². The molecule has 0 aliphatic heterocycles. The van der Waals surface area contributed by atoms with Crippen LogP contribution in [0, 0.1) is 5.82 Å². The topological polar surface area (TPSA) is 42.4 Å². The van der Waals surface area contributed by atoms with E-state index in [1.807, 2.05) is 25.1 Å². The van der Waals surface area contributed by atoms with Gasteiger partial charge in [-0.05, 0) is 30.7 Å². The number of hydrogen-bond donors (Lipinski definition) is 1. The van der Waals surface area contributed by atoms with Crippen LogP contribution >= 0.6 is 8.38 Å². The minimum atomic E-state index is -1.45. The van der Waals surface area contributed by atoms with Gasteiger partial charge in [-0.25, -0.2) is 4.39 Å². The molecule has 1 heterocycles. The number of aromatic nitrogens is 1. The predicted octanol–water partition coefficient (Wildman–Crippen LogP) is 3.73. The van der Waals surface area contributed by atoms with Gasteiger partial charge in [0.05, 0.1) is 12.8 Å². The van der Waals surface area contributed by atoms with Crippen LogP contribution in [0.2, 0.25) is 0 Å². The standard InChI is InChI=1S/C14H15FNO2P/c1-2-18-19(17)10-14-7-6-12(9-16-14)11-4-3-5-13(15)8-11/h3-9,17H,2,10H2,1H3. The van der Waals surface area contributed by atoms with Gasteiger partial charge in [-0.2, -0.15) is 0 Å². The Morgan fingerprint density at radius 2 is 2.11 bits per heavy atom. The fraction of sp³-hybridized carbons (Fsp3) is 0.214. The van der Waals surface area contributed by atoms with Gasteiger partial charge in [-0.3, -0.25) is 4.98 Å². The maximum atomic E-state index is 13.1. The predicted molar refractivity (Wildman–Crippen MR) is 74.1 cm³/mol. The summed E-state index contributed by atoms with van der Waals surface area (Å²) in [6, 6.07) is 10.1. The first-order chi connectivity index (χ1) is 9.19. The Morgan fingerprint density at radius 3 is 2.74 bits per heavy atom. The molecule has 1 aromatic carbocycles. The summed E-state index contributed by atoms with van der Waals surface area (Å²) in [7, 11) is -1.45. The third kappa shape index (κ3) is 4.06. The number of rotatable bonds is 5. The van der Waals surface area contributed by atoms with E-state index in [9.17, 15) is 9.28 Å². The molecule has 19 heavy (non-hydrogen) atoms. The zero-order chi connectivity index (χ0) is 13.7. The minimum Gasteiger partial charge on any atom is -0.350 e. The summed E-state index contributed by atoms with van der Waals surface area (Å²) in [5.41, 5.74) is 2.40. The van der Waals surface area contributed by atoms with Crippen LogP contribution in [0.5, 0.6) is 0 Å². The molecule has 1 unspecified atom stereocenters. The highest BCUT2D eigenvalue weighted by Crippen LogP contribution is 2.35. The Hall–Kier alpha value is -1.35. The van der Waals surface area contributed by atoms with Gasteiger partial charge in [0.1, 0.15) is 5.82 Å². The number of nitrogens with zero attached hydrogens (tertiary/aromatic N) is 1. The van der Waals surface area contributed by atoms with Gasteiger partial charge < -0.3 is 9.42 Å². The molecule has 0 aliphatic carbocycles. The van der Waals surface area contributed by atoms with E-state index >= 15 is 0 Å². The Labute approximate surface area is 113 Å². The van der Waals surface area contributed by atoms with Crippen molar-refractivity contribution in [1.29, 1.82) is 0 Å². The molecule has 0 amide bonds. The van der Waals surface area contributed by atoms with Crippen LogP contribution in [-0.4, -0.2) is 16.5 Å². The van der Waals surface area contributed by atoms with Crippen LogP contribution in [0.3, 0.4) is 0 Å². The van der Waals surface area contributed by atoms with E-state index in [1.165, 1.54) is 12.1 Å². The fourth-order valence-electron chi connectivity index (χ4n) is 1.69. The minimum absolute atomic E-state index is 0.267. The molecule has 2 rings (SSSR count). The number of benzene rings is 1. The van der Waals surface area contributed by atoms with Crippen molar-refractivity contribution in [3.8, 4) is 11.1 Å². The summed E-state index contributed by atoms with van der Waals surface area (Å²) in [5.74, 6) is -0.267. The van der Waals surface area contributed by atoms with Gasteiger partial charge >= 0.3 is 0 Å². The Balaban J connectivity index is 2.10. The molecule has 0 spiro atoms. The van der Waals surface area contributed by atoms with Crippen molar-refractivity contribution < 1.29 is 13.8 Å². The lowest BCUT2D eigenvalue weighted by atomic mass is 10.1. The van der Waals surface area contributed by atoms with E-state index in [0.29, 0.717) is 12.8 Å². The van der Waals surface area contributed by atoms with Crippen LogP contribution in [0.1, 0.15) is 12.6 Å². The average molecular weight is 279 g/mol. The van der Waals surface area contributed by atoms with Crippen molar-refractivity contribution in [1.82, 2.24) is 4.98 Å². The molecule has 0 radical (unpaired) electrons. The van der Waals surface area contributed by atoms with E-state index in [1.54, 1.807) is 12.3 Å². The maximum absolute atomic E-state index is 13.1. The molecule has 1 N–H and O–H groups in total. The maximum Gasteiger partial charge on any atom is 0.174 e. The Morgan fingerprint density at radius 1 is 1.26 bits per heavy atom. The highest BCUT2D eigenvalue weighted by atomic mass is 31.2. The molecule has 0 saturated heterocycles. The van der Waals surface area contributed by atoms with Crippen LogP contribution < -0.4 is 0 Å². The zero-order valence-electron chi connectivity index (χ0n) is 10.6. The van der Waals surface area contributed by atoms with E-state index < -0.39 is 8.38 Å². The fourth-order valence-corrected chi connectivity index (χ4v) is 2.54. The van der Waals surface area contributed by atoms with Gasteiger partial charge in [0.15, 0.2) is 8.38 Å². The smallest absolute Gasteiger partial charge is 0.174 e. The van der Waals surface area contributed by atoms with E-state index in [-0.39, 0.29) is 5.82 Å². The molecule has 0 bridgehead atoms. The normalized spacial score (nSPS) is 12.4. The van der Waals surface area contributed by atoms with Crippen LogP contribution in [0.15, 0.2) is 42.6 Å². The lowest BCUT2D eigenvalue weighted by molar-refractivity contribution is 0.328. The zero-order valence-corrected chi connectivity index (χ0v) is 11.5. The molecule has 0 fully saturated rings. The molecule has 0 saturated carbocycles. The molecule has 1 aromatic heterocycles. The second kappa shape index (κ2) is 6.71. The highest BCUT2D eigenvalue weighted by molar-refractivity contribution is 7.45. The second-order valence-electron chi connectivity index (χ2n) is 3.98. The van der Waals surface area contributed by atoms with Crippen LogP contribution in [-0.2, 0) is 10.7 Å². The Bertz CT molecular complexity index is 533. The molecular formula is C14H15FNO2P. The molecule has 1 atom stereocenters. The van der Waals surface area contributed by atoms with Crippen molar-refractivity contribution in [2.45, 2.75) is 13.1 Å². The van der Waals surface area contributed by atoms with Crippen molar-refractivity contribution in [3.05, 3.63) is 54.1 Å². The largest absolute Gasteiger partial charge is 0.350 e. The lowest BCUT2D eigenvalue weighted by Crippen LogP contribution is -1.92. The van der Waals surface area contributed by atoms with Crippen LogP contribution in [0.25, 0.3) is 11.1 Å². The quantitative estimate of drug-likeness (QED) is 0.848. The SMILES string of the molecule is CCOP(O)Cc1ccc(-c2cccc(F)c2)cn1. The van der Waals surface area contributed by atoms with Gasteiger partial charge in [0.2, 0.25) is 0 Å². The first kappa shape index (κ1) is 14.1. The number of hydrogen-bond acceptors (Lipinski definition) is 3. The number of pyridine rings is 1. The summed E-state index contributed by atoms with van der Waals surface area (Å²) in [6.07, 6.45) is 2.09. The van der Waals surface area contributed by atoms with Gasteiger partial charge in [0, 0.05) is 17.5 Å². The van der Waals surface area contributed by atoms with Crippen LogP contribution in [0.4, 0.5) is 4.39 Å². The van der Waals surface area contributed by atoms with Gasteiger partial charge in [-0.1, -0.05) is 18.2 Å². The van der Waals surface area contributed by atoms with E-state index in [4.69, 9.17) is 4.52 Å². The molecule has 5 heteroatoms. The van der Waals surface area contributed by atoms with Crippen molar-refractivity contribution in [3.63, 3.8) is 0 Å².